The number of hydrogen-bond acceptors (Lipinski definition) is 4. The van der Waals surface area contributed by atoms with Gasteiger partial charge in [-0.15, -0.1) is 0 Å². The third kappa shape index (κ3) is 2.55. The lowest BCUT2D eigenvalue weighted by molar-refractivity contribution is 0.303. The zero-order chi connectivity index (χ0) is 13.2. The number of sulfonamides is 1. The third-order valence-corrected chi connectivity index (χ3v) is 4.50. The van der Waals surface area contributed by atoms with Crippen LogP contribution >= 0.6 is 0 Å². The van der Waals surface area contributed by atoms with Crippen LogP contribution in [0.5, 0.6) is 5.88 Å². The van der Waals surface area contributed by atoms with Crippen molar-refractivity contribution < 1.29 is 17.5 Å². The summed E-state index contributed by atoms with van der Waals surface area (Å²) >= 11 is 0. The first-order chi connectivity index (χ1) is 8.54. The summed E-state index contributed by atoms with van der Waals surface area (Å²) in [6, 6.07) is 1.72. The summed E-state index contributed by atoms with van der Waals surface area (Å²) in [5, 5.41) is 0. The SMILES string of the molecule is Cc1cnc2c(c1)N(S(=O)(=O)CCCF)CCO2. The van der Waals surface area contributed by atoms with Crippen molar-refractivity contribution in [3.8, 4) is 5.88 Å². The lowest BCUT2D eigenvalue weighted by Gasteiger charge is -2.29. The fourth-order valence-electron chi connectivity index (χ4n) is 1.81. The van der Waals surface area contributed by atoms with Gasteiger partial charge in [0.05, 0.1) is 19.0 Å². The van der Waals surface area contributed by atoms with E-state index in [1.165, 1.54) is 4.31 Å². The van der Waals surface area contributed by atoms with Gasteiger partial charge >= 0.3 is 0 Å². The van der Waals surface area contributed by atoms with Crippen LogP contribution in [0.2, 0.25) is 0 Å². The fraction of sp³-hybridized carbons (Fsp3) is 0.545. The second kappa shape index (κ2) is 5.09. The second-order valence-electron chi connectivity index (χ2n) is 4.12. The number of anilines is 1. The van der Waals surface area contributed by atoms with Gasteiger partial charge in [-0.25, -0.2) is 13.4 Å². The molecule has 0 spiro atoms. The van der Waals surface area contributed by atoms with Gasteiger partial charge in [0.25, 0.3) is 0 Å². The van der Waals surface area contributed by atoms with Crippen molar-refractivity contribution in [2.45, 2.75) is 13.3 Å². The molecule has 0 aromatic carbocycles. The average Bonchev–Trinajstić information content (AvgIpc) is 2.35. The van der Waals surface area contributed by atoms with Crippen LogP contribution in [0.4, 0.5) is 10.1 Å². The first kappa shape index (κ1) is 13.1. The van der Waals surface area contributed by atoms with Gasteiger partial charge in [-0.2, -0.15) is 0 Å². The molecule has 0 saturated carbocycles. The highest BCUT2D eigenvalue weighted by Gasteiger charge is 2.29. The minimum Gasteiger partial charge on any atom is -0.474 e. The Morgan fingerprint density at radius 2 is 2.33 bits per heavy atom. The van der Waals surface area contributed by atoms with E-state index in [2.05, 4.69) is 4.98 Å². The van der Waals surface area contributed by atoms with E-state index in [0.29, 0.717) is 11.6 Å². The normalized spacial score (nSPS) is 15.1. The molecule has 1 aromatic heterocycles. The predicted molar refractivity (Wildman–Crippen MR) is 66.2 cm³/mol. The summed E-state index contributed by atoms with van der Waals surface area (Å²) < 4.78 is 42.9. The Morgan fingerprint density at radius 1 is 1.56 bits per heavy atom. The number of hydrogen-bond donors (Lipinski definition) is 0. The molecule has 0 atom stereocenters. The van der Waals surface area contributed by atoms with Crippen LogP contribution in [0.1, 0.15) is 12.0 Å². The van der Waals surface area contributed by atoms with E-state index in [4.69, 9.17) is 4.74 Å². The van der Waals surface area contributed by atoms with Crippen LogP contribution in [-0.2, 0) is 10.0 Å². The van der Waals surface area contributed by atoms with Crippen molar-refractivity contribution in [3.05, 3.63) is 17.8 Å². The number of fused-ring (bicyclic) bond motifs is 1. The topological polar surface area (TPSA) is 59.5 Å². The fourth-order valence-corrected chi connectivity index (χ4v) is 3.29. The van der Waals surface area contributed by atoms with Gasteiger partial charge in [0, 0.05) is 6.20 Å². The molecule has 0 N–H and O–H groups in total. The van der Waals surface area contributed by atoms with Gasteiger partial charge in [-0.3, -0.25) is 8.70 Å². The van der Waals surface area contributed by atoms with E-state index in [1.54, 1.807) is 12.3 Å². The van der Waals surface area contributed by atoms with Crippen LogP contribution in [-0.4, -0.2) is 39.0 Å². The standard InChI is InChI=1S/C11H15FN2O3S/c1-9-7-10-11(13-8-9)17-5-4-14(10)18(15,16)6-2-3-12/h7-8H,2-6H2,1H3. The summed E-state index contributed by atoms with van der Waals surface area (Å²) in [7, 11) is -3.50. The number of halogens is 1. The van der Waals surface area contributed by atoms with Gasteiger partial charge in [-0.1, -0.05) is 0 Å². The van der Waals surface area contributed by atoms with Crippen LogP contribution < -0.4 is 9.04 Å². The molecule has 5 nitrogen and oxygen atoms in total. The molecular weight excluding hydrogens is 259 g/mol. The van der Waals surface area contributed by atoms with Crippen LogP contribution in [0.25, 0.3) is 0 Å². The van der Waals surface area contributed by atoms with Crippen LogP contribution in [0.15, 0.2) is 12.3 Å². The van der Waals surface area contributed by atoms with Crippen molar-refractivity contribution >= 4 is 15.7 Å². The Morgan fingerprint density at radius 3 is 3.06 bits per heavy atom. The monoisotopic (exact) mass is 274 g/mol. The van der Waals surface area contributed by atoms with Gasteiger partial charge < -0.3 is 4.74 Å². The van der Waals surface area contributed by atoms with Crippen molar-refractivity contribution in [2.24, 2.45) is 0 Å². The Bertz CT molecular complexity index is 533. The van der Waals surface area contributed by atoms with Gasteiger partial charge in [-0.05, 0) is 25.0 Å². The molecule has 100 valence electrons. The molecule has 2 heterocycles. The smallest absolute Gasteiger partial charge is 0.238 e. The molecule has 0 radical (unpaired) electrons. The minimum atomic E-state index is -3.50. The Kier molecular flexibility index (Phi) is 3.70. The highest BCUT2D eigenvalue weighted by atomic mass is 32.2. The summed E-state index contributed by atoms with van der Waals surface area (Å²) in [5.41, 5.74) is 1.30. The van der Waals surface area contributed by atoms with Crippen molar-refractivity contribution in [2.75, 3.05) is 29.9 Å². The number of aryl methyl sites for hydroxylation is 1. The Labute approximate surface area is 106 Å². The van der Waals surface area contributed by atoms with Crippen molar-refractivity contribution in [3.63, 3.8) is 0 Å². The van der Waals surface area contributed by atoms with Crippen LogP contribution in [0.3, 0.4) is 0 Å². The Hall–Kier alpha value is -1.37. The van der Waals surface area contributed by atoms with E-state index in [-0.39, 0.29) is 25.3 Å². The number of rotatable bonds is 4. The molecule has 0 fully saturated rings. The molecular formula is C11H15FN2O3S. The zero-order valence-electron chi connectivity index (χ0n) is 10.1. The maximum Gasteiger partial charge on any atom is 0.238 e. The number of ether oxygens (including phenoxy) is 1. The van der Waals surface area contributed by atoms with Gasteiger partial charge in [0.15, 0.2) is 0 Å². The summed E-state index contributed by atoms with van der Waals surface area (Å²) in [4.78, 5) is 4.06. The molecule has 0 unspecified atom stereocenters. The molecule has 0 bridgehead atoms. The average molecular weight is 274 g/mol. The van der Waals surface area contributed by atoms with Gasteiger partial charge in [0.2, 0.25) is 15.9 Å². The Balaban J connectivity index is 2.35. The third-order valence-electron chi connectivity index (χ3n) is 2.64. The summed E-state index contributed by atoms with van der Waals surface area (Å²) in [6.45, 7) is 1.70. The maximum absolute atomic E-state index is 12.1. The highest BCUT2D eigenvalue weighted by Crippen LogP contribution is 2.32. The first-order valence-corrected chi connectivity index (χ1v) is 7.31. The lowest BCUT2D eigenvalue weighted by Crippen LogP contribution is -2.39. The molecule has 1 aromatic rings. The molecule has 7 heteroatoms. The van der Waals surface area contributed by atoms with E-state index < -0.39 is 16.7 Å². The van der Waals surface area contributed by atoms with E-state index in [9.17, 15) is 12.8 Å². The molecule has 0 saturated heterocycles. The zero-order valence-corrected chi connectivity index (χ0v) is 10.9. The summed E-state index contributed by atoms with van der Waals surface area (Å²) in [5.74, 6) is 0.118. The van der Waals surface area contributed by atoms with Crippen molar-refractivity contribution in [1.82, 2.24) is 4.98 Å². The summed E-state index contributed by atoms with van der Waals surface area (Å²) in [6.07, 6.45) is 1.63. The van der Waals surface area contributed by atoms with E-state index in [0.717, 1.165) is 5.56 Å². The molecule has 1 aliphatic rings. The molecule has 1 aliphatic heterocycles. The van der Waals surface area contributed by atoms with Gasteiger partial charge in [0.1, 0.15) is 12.3 Å². The van der Waals surface area contributed by atoms with E-state index >= 15 is 0 Å². The predicted octanol–water partition coefficient (Wildman–Crippen LogP) is 1.28. The number of nitrogens with zero attached hydrogens (tertiary/aromatic N) is 2. The quantitative estimate of drug-likeness (QED) is 0.830. The lowest BCUT2D eigenvalue weighted by atomic mass is 10.3. The molecule has 18 heavy (non-hydrogen) atoms. The molecule has 0 amide bonds. The largest absolute Gasteiger partial charge is 0.474 e. The highest BCUT2D eigenvalue weighted by molar-refractivity contribution is 7.92. The minimum absolute atomic E-state index is 0.00820. The molecule has 2 rings (SSSR count). The van der Waals surface area contributed by atoms with Crippen molar-refractivity contribution in [1.29, 1.82) is 0 Å². The second-order valence-corrected chi connectivity index (χ2v) is 6.13. The maximum atomic E-state index is 12.1. The number of aromatic nitrogens is 1. The molecule has 0 aliphatic carbocycles. The van der Waals surface area contributed by atoms with E-state index in [1.807, 2.05) is 6.92 Å². The number of pyridine rings is 1. The first-order valence-electron chi connectivity index (χ1n) is 5.70. The number of alkyl halides is 1. The van der Waals surface area contributed by atoms with Crippen LogP contribution in [0, 0.1) is 6.92 Å².